The minimum absolute atomic E-state index is 0.149. The van der Waals surface area contributed by atoms with Crippen LogP contribution in [0.25, 0.3) is 6.08 Å². The Labute approximate surface area is 123 Å². The average molecular weight is 290 g/mol. The number of carbonyl (C=O) groups excluding carboxylic acids is 1. The van der Waals surface area contributed by atoms with Crippen LogP contribution in [0.2, 0.25) is 0 Å². The Hall–Kier alpha value is -2.21. The first-order valence-electron chi connectivity index (χ1n) is 6.82. The Balaban J connectivity index is 2.08. The van der Waals surface area contributed by atoms with Crippen LogP contribution < -0.4 is 0 Å². The zero-order valence-corrected chi connectivity index (χ0v) is 11.8. The summed E-state index contributed by atoms with van der Waals surface area (Å²) in [5, 5.41) is 9.17. The summed E-state index contributed by atoms with van der Waals surface area (Å²) in [6, 6.07) is 3.21. The largest absolute Gasteiger partial charge is 0.481 e. The van der Waals surface area contributed by atoms with Crippen LogP contribution in [0.1, 0.15) is 12.5 Å². The van der Waals surface area contributed by atoms with Crippen LogP contribution in [0, 0.1) is 5.92 Å². The second-order valence-corrected chi connectivity index (χ2v) is 4.79. The SMILES string of the molecule is CCN(C(=O)C=Cc1cccnc1)C1COCC1C(=O)O. The van der Waals surface area contributed by atoms with E-state index in [9.17, 15) is 14.7 Å². The first-order valence-corrected chi connectivity index (χ1v) is 6.82. The fourth-order valence-electron chi connectivity index (χ4n) is 2.38. The van der Waals surface area contributed by atoms with Gasteiger partial charge in [-0.25, -0.2) is 0 Å². The van der Waals surface area contributed by atoms with E-state index in [0.29, 0.717) is 6.54 Å². The van der Waals surface area contributed by atoms with Gasteiger partial charge in [0.1, 0.15) is 5.92 Å². The van der Waals surface area contributed by atoms with E-state index in [2.05, 4.69) is 4.98 Å². The number of aromatic nitrogens is 1. The quantitative estimate of drug-likeness (QED) is 0.820. The third-order valence-corrected chi connectivity index (χ3v) is 3.49. The Kier molecular flexibility index (Phi) is 5.05. The van der Waals surface area contributed by atoms with Gasteiger partial charge in [0, 0.05) is 25.0 Å². The fraction of sp³-hybridized carbons (Fsp3) is 0.400. The first-order chi connectivity index (χ1) is 10.1. The minimum Gasteiger partial charge on any atom is -0.481 e. The molecule has 6 nitrogen and oxygen atoms in total. The molecular formula is C15H18N2O4. The molecule has 1 fully saturated rings. The highest BCUT2D eigenvalue weighted by atomic mass is 16.5. The molecule has 2 unspecified atom stereocenters. The van der Waals surface area contributed by atoms with Gasteiger partial charge < -0.3 is 14.7 Å². The first kappa shape index (κ1) is 15.2. The number of carboxylic acid groups (broad SMARTS) is 1. The minimum atomic E-state index is -0.931. The van der Waals surface area contributed by atoms with Crippen LogP contribution in [0.3, 0.4) is 0 Å². The van der Waals surface area contributed by atoms with Crippen molar-refractivity contribution in [3.05, 3.63) is 36.2 Å². The van der Waals surface area contributed by atoms with E-state index >= 15 is 0 Å². The number of nitrogens with zero attached hydrogens (tertiary/aromatic N) is 2. The molecule has 6 heteroatoms. The Bertz CT molecular complexity index is 530. The highest BCUT2D eigenvalue weighted by Gasteiger charge is 2.38. The zero-order chi connectivity index (χ0) is 15.2. The van der Waals surface area contributed by atoms with Gasteiger partial charge in [-0.15, -0.1) is 0 Å². The molecule has 0 radical (unpaired) electrons. The predicted molar refractivity (Wildman–Crippen MR) is 76.4 cm³/mol. The fourth-order valence-corrected chi connectivity index (χ4v) is 2.38. The van der Waals surface area contributed by atoms with Crippen LogP contribution in [0.4, 0.5) is 0 Å². The maximum Gasteiger partial charge on any atom is 0.311 e. The lowest BCUT2D eigenvalue weighted by Crippen LogP contribution is -2.45. The molecule has 0 aliphatic carbocycles. The number of carboxylic acids is 1. The molecule has 0 bridgehead atoms. The normalized spacial score (nSPS) is 21.6. The molecule has 1 aliphatic heterocycles. The van der Waals surface area contributed by atoms with Crippen LogP contribution in [0.5, 0.6) is 0 Å². The number of likely N-dealkylation sites (N-methyl/N-ethyl adjacent to an activating group) is 1. The summed E-state index contributed by atoms with van der Waals surface area (Å²) in [6.45, 7) is 2.68. The number of aliphatic carboxylic acids is 1. The van der Waals surface area contributed by atoms with Crippen molar-refractivity contribution in [2.75, 3.05) is 19.8 Å². The van der Waals surface area contributed by atoms with E-state index < -0.39 is 17.9 Å². The van der Waals surface area contributed by atoms with Crippen molar-refractivity contribution < 1.29 is 19.4 Å². The van der Waals surface area contributed by atoms with Gasteiger partial charge in [-0.3, -0.25) is 14.6 Å². The number of amides is 1. The maximum absolute atomic E-state index is 12.3. The number of hydrogen-bond donors (Lipinski definition) is 1. The van der Waals surface area contributed by atoms with Crippen LogP contribution in [-0.2, 0) is 14.3 Å². The summed E-state index contributed by atoms with van der Waals surface area (Å²) < 4.78 is 5.22. The van der Waals surface area contributed by atoms with Crippen LogP contribution in [0.15, 0.2) is 30.6 Å². The van der Waals surface area contributed by atoms with Crippen LogP contribution in [-0.4, -0.2) is 52.7 Å². The molecule has 1 saturated heterocycles. The molecule has 0 aromatic carbocycles. The van der Waals surface area contributed by atoms with E-state index in [1.54, 1.807) is 29.4 Å². The summed E-state index contributed by atoms with van der Waals surface area (Å²) in [6.07, 6.45) is 6.42. The van der Waals surface area contributed by atoms with Gasteiger partial charge in [0.2, 0.25) is 5.91 Å². The van der Waals surface area contributed by atoms with Crippen molar-refractivity contribution in [1.29, 1.82) is 0 Å². The van der Waals surface area contributed by atoms with Crippen molar-refractivity contribution in [1.82, 2.24) is 9.88 Å². The number of ether oxygens (including phenoxy) is 1. The van der Waals surface area contributed by atoms with Crippen molar-refractivity contribution in [3.63, 3.8) is 0 Å². The highest BCUT2D eigenvalue weighted by Crippen LogP contribution is 2.20. The lowest BCUT2D eigenvalue weighted by atomic mass is 10.0. The summed E-state index contributed by atoms with van der Waals surface area (Å²) >= 11 is 0. The predicted octanol–water partition coefficient (Wildman–Crippen LogP) is 1.04. The molecule has 1 aromatic heterocycles. The number of carbonyl (C=O) groups is 2. The molecule has 2 heterocycles. The van der Waals surface area contributed by atoms with E-state index in [4.69, 9.17) is 4.74 Å². The summed E-state index contributed by atoms with van der Waals surface area (Å²) in [5.74, 6) is -1.82. The molecule has 0 spiro atoms. The van der Waals surface area contributed by atoms with Gasteiger partial charge in [-0.05, 0) is 24.6 Å². The van der Waals surface area contributed by atoms with Gasteiger partial charge in [-0.1, -0.05) is 6.07 Å². The molecule has 2 atom stereocenters. The third-order valence-electron chi connectivity index (χ3n) is 3.49. The topological polar surface area (TPSA) is 79.7 Å². The molecule has 1 aromatic rings. The standard InChI is InChI=1S/C15H18N2O4/c1-2-17(13-10-21-9-12(13)15(19)20)14(18)6-5-11-4-3-7-16-8-11/h3-8,12-13H,2,9-10H2,1H3,(H,19,20). The molecule has 1 aliphatic rings. The molecule has 112 valence electrons. The van der Waals surface area contributed by atoms with E-state index in [-0.39, 0.29) is 19.1 Å². The smallest absolute Gasteiger partial charge is 0.311 e. The molecule has 0 saturated carbocycles. The third kappa shape index (κ3) is 3.66. The van der Waals surface area contributed by atoms with Gasteiger partial charge in [0.15, 0.2) is 0 Å². The Morgan fingerprint density at radius 1 is 1.52 bits per heavy atom. The van der Waals surface area contributed by atoms with Gasteiger partial charge >= 0.3 is 5.97 Å². The molecule has 1 N–H and O–H groups in total. The lowest BCUT2D eigenvalue weighted by Gasteiger charge is -2.28. The molecule has 21 heavy (non-hydrogen) atoms. The highest BCUT2D eigenvalue weighted by molar-refractivity contribution is 5.92. The van der Waals surface area contributed by atoms with Crippen molar-refractivity contribution >= 4 is 18.0 Å². The monoisotopic (exact) mass is 290 g/mol. The van der Waals surface area contributed by atoms with Gasteiger partial charge in [0.25, 0.3) is 0 Å². The summed E-state index contributed by atoms with van der Waals surface area (Å²) in [5.41, 5.74) is 0.819. The number of hydrogen-bond acceptors (Lipinski definition) is 4. The maximum atomic E-state index is 12.3. The molecule has 1 amide bonds. The zero-order valence-electron chi connectivity index (χ0n) is 11.8. The average Bonchev–Trinajstić information content (AvgIpc) is 2.96. The van der Waals surface area contributed by atoms with Gasteiger partial charge in [-0.2, -0.15) is 0 Å². The Morgan fingerprint density at radius 2 is 2.33 bits per heavy atom. The second-order valence-electron chi connectivity index (χ2n) is 4.79. The van der Waals surface area contributed by atoms with E-state index in [1.165, 1.54) is 6.08 Å². The van der Waals surface area contributed by atoms with E-state index in [0.717, 1.165) is 5.56 Å². The number of pyridine rings is 1. The molecular weight excluding hydrogens is 272 g/mol. The lowest BCUT2D eigenvalue weighted by molar-refractivity contribution is -0.144. The summed E-state index contributed by atoms with van der Waals surface area (Å²) in [7, 11) is 0. The molecule has 2 rings (SSSR count). The number of rotatable bonds is 5. The van der Waals surface area contributed by atoms with Gasteiger partial charge in [0.05, 0.1) is 19.3 Å². The Morgan fingerprint density at radius 3 is 2.95 bits per heavy atom. The van der Waals surface area contributed by atoms with Crippen molar-refractivity contribution in [3.8, 4) is 0 Å². The van der Waals surface area contributed by atoms with Crippen molar-refractivity contribution in [2.24, 2.45) is 5.92 Å². The van der Waals surface area contributed by atoms with E-state index in [1.807, 2.05) is 13.0 Å². The summed E-state index contributed by atoms with van der Waals surface area (Å²) in [4.78, 5) is 29.0. The van der Waals surface area contributed by atoms with Crippen LogP contribution >= 0.6 is 0 Å². The second kappa shape index (κ2) is 6.99. The van der Waals surface area contributed by atoms with Crippen molar-refractivity contribution in [2.45, 2.75) is 13.0 Å².